The van der Waals surface area contributed by atoms with Gasteiger partial charge >= 0.3 is 0 Å². The Labute approximate surface area is 180 Å². The molecule has 3 rings (SSSR count). The van der Waals surface area contributed by atoms with Crippen LogP contribution in [0.1, 0.15) is 42.5 Å². The van der Waals surface area contributed by atoms with Crippen molar-refractivity contribution in [1.29, 1.82) is 0 Å². The molecule has 0 N–H and O–H groups in total. The van der Waals surface area contributed by atoms with E-state index in [4.69, 9.17) is 11.6 Å². The monoisotopic (exact) mass is 403 g/mol. The highest BCUT2D eigenvalue weighted by molar-refractivity contribution is 6.53. The van der Waals surface area contributed by atoms with Crippen LogP contribution in [0.5, 0.6) is 0 Å². The minimum atomic E-state index is 0.783. The van der Waals surface area contributed by atoms with Gasteiger partial charge in [0, 0.05) is 5.57 Å². The summed E-state index contributed by atoms with van der Waals surface area (Å²) in [6.07, 6.45) is 2.29. The van der Waals surface area contributed by atoms with E-state index in [9.17, 15) is 0 Å². The van der Waals surface area contributed by atoms with Crippen LogP contribution in [0.25, 0.3) is 10.6 Å². The van der Waals surface area contributed by atoms with Gasteiger partial charge in [0.25, 0.3) is 0 Å². The lowest BCUT2D eigenvalue weighted by Gasteiger charge is -2.17. The molecule has 0 atom stereocenters. The second kappa shape index (κ2) is 11.0. The van der Waals surface area contributed by atoms with Crippen LogP contribution in [-0.2, 0) is 6.42 Å². The molecule has 0 fully saturated rings. The zero-order chi connectivity index (χ0) is 20.5. The lowest BCUT2D eigenvalue weighted by atomic mass is 9.94. The summed E-state index contributed by atoms with van der Waals surface area (Å²) in [5.41, 5.74) is 5.78. The van der Waals surface area contributed by atoms with E-state index in [2.05, 4.69) is 79.4 Å². The first-order valence-corrected chi connectivity index (χ1v) is 10.9. The third kappa shape index (κ3) is 5.82. The molecule has 2 heteroatoms. The largest absolute Gasteiger partial charge is 0.304 e. The smallest absolute Gasteiger partial charge is 0.0562 e. The maximum absolute atomic E-state index is 6.91. The van der Waals surface area contributed by atoms with Crippen molar-refractivity contribution in [2.24, 2.45) is 0 Å². The Hall–Kier alpha value is -2.35. The summed E-state index contributed by atoms with van der Waals surface area (Å²) in [6.45, 7) is 7.86. The predicted octanol–water partition coefficient (Wildman–Crippen LogP) is 7.12. The van der Waals surface area contributed by atoms with Crippen molar-refractivity contribution >= 4 is 22.2 Å². The Balaban J connectivity index is 1.86. The number of halogens is 1. The summed E-state index contributed by atoms with van der Waals surface area (Å²) in [7, 11) is 0. The average Bonchev–Trinajstić information content (AvgIpc) is 2.79. The number of aryl methyl sites for hydroxylation is 1. The molecule has 0 aliphatic rings. The van der Waals surface area contributed by atoms with Crippen LogP contribution in [0, 0.1) is 0 Å². The Bertz CT molecular complexity index is 894. The molecule has 0 bridgehead atoms. The number of hydrogen-bond acceptors (Lipinski definition) is 1. The van der Waals surface area contributed by atoms with Gasteiger partial charge in [-0.3, -0.25) is 0 Å². The standard InChI is InChI=1S/C27H30ClN/c1-3-29(4-2)21-11-12-22-17-19-24(20-18-22)26(23-13-7-5-8-14-23)27(28)25-15-9-6-10-16-25/h5-10,13-20H,3-4,11-12,21H2,1-2H3. The van der Waals surface area contributed by atoms with E-state index in [0.717, 1.165) is 53.4 Å². The molecule has 0 amide bonds. The van der Waals surface area contributed by atoms with Gasteiger partial charge in [0.15, 0.2) is 0 Å². The SMILES string of the molecule is CCN(CC)CCCc1ccc(C(=C(Cl)c2ccccc2)c2ccccc2)cc1. The van der Waals surface area contributed by atoms with Crippen molar-refractivity contribution < 1.29 is 0 Å². The molecule has 0 radical (unpaired) electrons. The summed E-state index contributed by atoms with van der Waals surface area (Å²) in [5, 5.41) is 0.783. The summed E-state index contributed by atoms with van der Waals surface area (Å²) < 4.78 is 0. The molecular weight excluding hydrogens is 374 g/mol. The molecule has 0 aliphatic carbocycles. The lowest BCUT2D eigenvalue weighted by Crippen LogP contribution is -2.24. The molecule has 0 saturated heterocycles. The fraction of sp³-hybridized carbons (Fsp3) is 0.259. The van der Waals surface area contributed by atoms with E-state index in [1.807, 2.05) is 24.3 Å². The summed E-state index contributed by atoms with van der Waals surface area (Å²) in [5.74, 6) is 0. The molecule has 3 aromatic carbocycles. The molecular formula is C27H30ClN. The Morgan fingerprint density at radius 2 is 1.21 bits per heavy atom. The van der Waals surface area contributed by atoms with Crippen LogP contribution in [0.4, 0.5) is 0 Å². The summed E-state index contributed by atoms with van der Waals surface area (Å²) in [6, 6.07) is 29.5. The fourth-order valence-corrected chi connectivity index (χ4v) is 3.98. The molecule has 1 nitrogen and oxygen atoms in total. The van der Waals surface area contributed by atoms with Gasteiger partial charge in [0.2, 0.25) is 0 Å². The zero-order valence-corrected chi connectivity index (χ0v) is 18.2. The predicted molar refractivity (Wildman–Crippen MR) is 127 cm³/mol. The molecule has 0 heterocycles. The zero-order valence-electron chi connectivity index (χ0n) is 17.4. The molecule has 3 aromatic rings. The average molecular weight is 404 g/mol. The molecule has 29 heavy (non-hydrogen) atoms. The van der Waals surface area contributed by atoms with Crippen molar-refractivity contribution in [2.75, 3.05) is 19.6 Å². The third-order valence-corrected chi connectivity index (χ3v) is 5.79. The normalized spacial score (nSPS) is 12.1. The van der Waals surface area contributed by atoms with Crippen LogP contribution in [-0.4, -0.2) is 24.5 Å². The summed E-state index contributed by atoms with van der Waals surface area (Å²) >= 11 is 6.91. The molecule has 0 spiro atoms. The number of benzene rings is 3. The fourth-order valence-electron chi connectivity index (χ4n) is 3.64. The van der Waals surface area contributed by atoms with Crippen LogP contribution in [0.15, 0.2) is 84.9 Å². The van der Waals surface area contributed by atoms with E-state index >= 15 is 0 Å². The van der Waals surface area contributed by atoms with Gasteiger partial charge in [-0.25, -0.2) is 0 Å². The van der Waals surface area contributed by atoms with Crippen LogP contribution in [0.2, 0.25) is 0 Å². The van der Waals surface area contributed by atoms with Crippen molar-refractivity contribution in [3.05, 3.63) is 107 Å². The van der Waals surface area contributed by atoms with Crippen LogP contribution >= 0.6 is 11.6 Å². The van der Waals surface area contributed by atoms with E-state index in [0.29, 0.717) is 0 Å². The van der Waals surface area contributed by atoms with Gasteiger partial charge in [-0.05, 0) is 54.7 Å². The van der Waals surface area contributed by atoms with E-state index in [1.165, 1.54) is 12.0 Å². The number of rotatable bonds is 9. The molecule has 150 valence electrons. The quantitative estimate of drug-likeness (QED) is 0.344. The van der Waals surface area contributed by atoms with Crippen LogP contribution < -0.4 is 0 Å². The second-order valence-corrected chi connectivity index (χ2v) is 7.63. The first-order chi connectivity index (χ1) is 14.2. The highest BCUT2D eigenvalue weighted by atomic mass is 35.5. The van der Waals surface area contributed by atoms with Crippen LogP contribution in [0.3, 0.4) is 0 Å². The van der Waals surface area contributed by atoms with Gasteiger partial charge in [-0.1, -0.05) is 110 Å². The molecule has 0 saturated carbocycles. The first kappa shape index (κ1) is 21.4. The minimum Gasteiger partial charge on any atom is -0.304 e. The topological polar surface area (TPSA) is 3.24 Å². The van der Waals surface area contributed by atoms with E-state index in [-0.39, 0.29) is 0 Å². The van der Waals surface area contributed by atoms with Gasteiger partial charge < -0.3 is 4.90 Å². The van der Waals surface area contributed by atoms with Gasteiger partial charge in [-0.15, -0.1) is 0 Å². The maximum Gasteiger partial charge on any atom is 0.0562 e. The molecule has 0 aromatic heterocycles. The van der Waals surface area contributed by atoms with Gasteiger partial charge in [-0.2, -0.15) is 0 Å². The van der Waals surface area contributed by atoms with E-state index in [1.54, 1.807) is 0 Å². The van der Waals surface area contributed by atoms with Gasteiger partial charge in [0.05, 0.1) is 5.03 Å². The Kier molecular flexibility index (Phi) is 8.10. The third-order valence-electron chi connectivity index (χ3n) is 5.39. The second-order valence-electron chi connectivity index (χ2n) is 7.25. The Morgan fingerprint density at radius 1 is 0.690 bits per heavy atom. The van der Waals surface area contributed by atoms with Crippen molar-refractivity contribution in [1.82, 2.24) is 4.90 Å². The van der Waals surface area contributed by atoms with E-state index < -0.39 is 0 Å². The lowest BCUT2D eigenvalue weighted by molar-refractivity contribution is 0.300. The van der Waals surface area contributed by atoms with Gasteiger partial charge in [0.1, 0.15) is 0 Å². The van der Waals surface area contributed by atoms with Crippen molar-refractivity contribution in [2.45, 2.75) is 26.7 Å². The van der Waals surface area contributed by atoms with Crippen molar-refractivity contribution in [3.63, 3.8) is 0 Å². The highest BCUT2D eigenvalue weighted by Crippen LogP contribution is 2.34. The highest BCUT2D eigenvalue weighted by Gasteiger charge is 2.12. The Morgan fingerprint density at radius 3 is 1.76 bits per heavy atom. The molecule has 0 aliphatic heterocycles. The van der Waals surface area contributed by atoms with Crippen molar-refractivity contribution in [3.8, 4) is 0 Å². The summed E-state index contributed by atoms with van der Waals surface area (Å²) in [4.78, 5) is 2.48. The minimum absolute atomic E-state index is 0.783. The number of nitrogens with zero attached hydrogens (tertiary/aromatic N) is 1. The maximum atomic E-state index is 6.91. The number of hydrogen-bond donors (Lipinski definition) is 0. The molecule has 0 unspecified atom stereocenters. The first-order valence-electron chi connectivity index (χ1n) is 10.5.